The van der Waals surface area contributed by atoms with E-state index < -0.39 is 5.97 Å². The number of hydrogen-bond donors (Lipinski definition) is 2. The molecule has 0 aliphatic heterocycles. The molecule has 0 spiro atoms. The van der Waals surface area contributed by atoms with E-state index in [1.165, 1.54) is 6.08 Å². The number of nitrogen functional groups attached to an aromatic ring is 1. The highest BCUT2D eigenvalue weighted by atomic mass is 35.5. The van der Waals surface area contributed by atoms with Gasteiger partial charge in [0.2, 0.25) is 0 Å². The van der Waals surface area contributed by atoms with E-state index in [4.69, 9.17) is 26.9 Å². The van der Waals surface area contributed by atoms with E-state index in [1.54, 1.807) is 49.6 Å². The van der Waals surface area contributed by atoms with Crippen molar-refractivity contribution in [1.29, 1.82) is 0 Å². The number of amidine groups is 1. The summed E-state index contributed by atoms with van der Waals surface area (Å²) in [6.45, 7) is 0. The van der Waals surface area contributed by atoms with E-state index >= 15 is 0 Å². The molecule has 2 aromatic carbocycles. The Labute approximate surface area is 139 Å². The van der Waals surface area contributed by atoms with Crippen molar-refractivity contribution < 1.29 is 19.5 Å². The van der Waals surface area contributed by atoms with Crippen molar-refractivity contribution in [2.75, 3.05) is 7.11 Å². The largest absolute Gasteiger partial charge is 0.497 e. The van der Waals surface area contributed by atoms with Crippen molar-refractivity contribution in [3.05, 3.63) is 70.8 Å². The van der Waals surface area contributed by atoms with E-state index in [1.807, 2.05) is 12.1 Å². The summed E-state index contributed by atoms with van der Waals surface area (Å²) in [4.78, 5) is 16.5. The van der Waals surface area contributed by atoms with Crippen LogP contribution in [-0.4, -0.2) is 18.9 Å². The summed E-state index contributed by atoms with van der Waals surface area (Å²) in [6, 6.07) is 14.2. The van der Waals surface area contributed by atoms with Crippen LogP contribution in [-0.2, 0) is 9.63 Å². The maximum atomic E-state index is 11.7. The molecular formula is C17H16ClN2O3+. The SMILES string of the molecule is COc1ccc(C(N)=[NH+]OC(=O)C=Cc2ccccc2Cl)cc1. The Morgan fingerprint density at radius 1 is 1.17 bits per heavy atom. The smallest absolute Gasteiger partial charge is 0.380 e. The minimum atomic E-state index is -0.596. The Balaban J connectivity index is 1.98. The van der Waals surface area contributed by atoms with Gasteiger partial charge in [0.15, 0.2) is 0 Å². The molecule has 118 valence electrons. The van der Waals surface area contributed by atoms with Crippen molar-refractivity contribution in [3.8, 4) is 5.75 Å². The van der Waals surface area contributed by atoms with Crippen LogP contribution in [0.15, 0.2) is 54.6 Å². The van der Waals surface area contributed by atoms with E-state index in [0.717, 1.165) is 5.56 Å². The molecule has 0 bridgehead atoms. The Kier molecular flexibility index (Phi) is 5.77. The molecule has 3 N–H and O–H groups in total. The van der Waals surface area contributed by atoms with Gasteiger partial charge in [0.1, 0.15) is 5.75 Å². The minimum absolute atomic E-state index is 0.215. The number of halogens is 1. The van der Waals surface area contributed by atoms with Crippen LogP contribution in [0.1, 0.15) is 11.1 Å². The van der Waals surface area contributed by atoms with Crippen molar-refractivity contribution in [1.82, 2.24) is 0 Å². The summed E-state index contributed by atoms with van der Waals surface area (Å²) in [5.41, 5.74) is 7.20. The van der Waals surface area contributed by atoms with Crippen molar-refractivity contribution in [3.63, 3.8) is 0 Å². The zero-order chi connectivity index (χ0) is 16.7. The number of methoxy groups -OCH3 is 1. The summed E-state index contributed by atoms with van der Waals surface area (Å²) in [5, 5.41) is 2.96. The maximum absolute atomic E-state index is 11.7. The highest BCUT2D eigenvalue weighted by molar-refractivity contribution is 6.32. The number of nitrogens with one attached hydrogen (secondary N) is 1. The fourth-order valence-corrected chi connectivity index (χ4v) is 1.94. The molecule has 0 aliphatic rings. The van der Waals surface area contributed by atoms with Gasteiger partial charge in [-0.1, -0.05) is 35.0 Å². The predicted octanol–water partition coefficient (Wildman–Crippen LogP) is 1.31. The average molecular weight is 332 g/mol. The molecule has 2 rings (SSSR count). The monoisotopic (exact) mass is 331 g/mol. The van der Waals surface area contributed by atoms with Gasteiger partial charge in [-0.25, -0.2) is 4.79 Å². The van der Waals surface area contributed by atoms with Gasteiger partial charge in [0, 0.05) is 11.1 Å². The molecule has 23 heavy (non-hydrogen) atoms. The summed E-state index contributed by atoms with van der Waals surface area (Å²) >= 11 is 5.99. The van der Waals surface area contributed by atoms with Crippen LogP contribution >= 0.6 is 11.6 Å². The molecule has 0 unspecified atom stereocenters. The molecule has 6 heteroatoms. The second-order valence-electron chi connectivity index (χ2n) is 4.52. The molecule has 0 aliphatic carbocycles. The van der Waals surface area contributed by atoms with Crippen LogP contribution in [0.4, 0.5) is 0 Å². The van der Waals surface area contributed by atoms with Gasteiger partial charge >= 0.3 is 11.8 Å². The van der Waals surface area contributed by atoms with Gasteiger partial charge in [-0.05, 0) is 42.0 Å². The molecule has 0 radical (unpaired) electrons. The molecule has 2 aromatic rings. The van der Waals surface area contributed by atoms with Crippen LogP contribution < -0.4 is 15.6 Å². The molecule has 0 saturated carbocycles. The van der Waals surface area contributed by atoms with E-state index in [2.05, 4.69) is 5.16 Å². The predicted molar refractivity (Wildman–Crippen MR) is 88.8 cm³/mol. The lowest BCUT2D eigenvalue weighted by Gasteiger charge is -1.99. The fraction of sp³-hybridized carbons (Fsp3) is 0.0588. The summed E-state index contributed by atoms with van der Waals surface area (Å²) in [5.74, 6) is 0.328. The summed E-state index contributed by atoms with van der Waals surface area (Å²) < 4.78 is 5.05. The van der Waals surface area contributed by atoms with Gasteiger partial charge in [0.25, 0.3) is 0 Å². The second-order valence-corrected chi connectivity index (χ2v) is 4.93. The highest BCUT2D eigenvalue weighted by Crippen LogP contribution is 2.16. The topological polar surface area (TPSA) is 75.5 Å². The highest BCUT2D eigenvalue weighted by Gasteiger charge is 2.07. The maximum Gasteiger partial charge on any atom is 0.380 e. The molecule has 0 atom stereocenters. The first-order chi connectivity index (χ1) is 11.1. The number of benzene rings is 2. The second kappa shape index (κ2) is 8.00. The molecule has 0 aromatic heterocycles. The molecule has 0 saturated heterocycles. The first-order valence-electron chi connectivity index (χ1n) is 6.76. The van der Waals surface area contributed by atoms with E-state index in [-0.39, 0.29) is 5.84 Å². The molecule has 0 heterocycles. The molecule has 5 nitrogen and oxygen atoms in total. The Morgan fingerprint density at radius 3 is 2.52 bits per heavy atom. The van der Waals surface area contributed by atoms with E-state index in [0.29, 0.717) is 16.3 Å². The zero-order valence-electron chi connectivity index (χ0n) is 12.5. The van der Waals surface area contributed by atoms with Gasteiger partial charge in [-0.15, -0.1) is 0 Å². The van der Waals surface area contributed by atoms with Crippen molar-refractivity contribution in [2.45, 2.75) is 0 Å². The molecular weight excluding hydrogens is 316 g/mol. The lowest BCUT2D eigenvalue weighted by atomic mass is 10.2. The van der Waals surface area contributed by atoms with Gasteiger partial charge in [-0.3, -0.25) is 10.6 Å². The molecule has 0 amide bonds. The normalized spacial score (nSPS) is 11.5. The minimum Gasteiger partial charge on any atom is -0.497 e. The average Bonchev–Trinajstić information content (AvgIpc) is 2.59. The third-order valence-corrected chi connectivity index (χ3v) is 3.31. The van der Waals surface area contributed by atoms with E-state index in [9.17, 15) is 4.79 Å². The summed E-state index contributed by atoms with van der Waals surface area (Å²) in [6.07, 6.45) is 2.82. The van der Waals surface area contributed by atoms with Gasteiger partial charge in [-0.2, -0.15) is 0 Å². The van der Waals surface area contributed by atoms with Crippen LogP contribution in [0.5, 0.6) is 5.75 Å². The van der Waals surface area contributed by atoms with Gasteiger partial charge < -0.3 is 4.74 Å². The zero-order valence-corrected chi connectivity index (χ0v) is 13.2. The number of rotatable bonds is 5. The number of carbonyl (C=O) groups excluding carboxylic acids is 1. The number of hydrogen-bond acceptors (Lipinski definition) is 3. The Morgan fingerprint density at radius 2 is 1.87 bits per heavy atom. The molecule has 0 fully saturated rings. The Bertz CT molecular complexity index is 740. The van der Waals surface area contributed by atoms with Crippen LogP contribution in [0.2, 0.25) is 5.02 Å². The number of carbonyl (C=O) groups is 1. The number of nitrogens with two attached hydrogens (primary N) is 1. The number of ether oxygens (including phenoxy) is 1. The lowest BCUT2D eigenvalue weighted by Crippen LogP contribution is -2.75. The standard InChI is InChI=1S/C17H15ClN2O3/c1-22-14-9-6-13(7-10-14)17(19)20-23-16(21)11-8-12-4-2-3-5-15(12)18/h2-11H,1H3,(H2,19,20)/p+1. The van der Waals surface area contributed by atoms with Crippen LogP contribution in [0.25, 0.3) is 6.08 Å². The third-order valence-electron chi connectivity index (χ3n) is 2.97. The quantitative estimate of drug-likeness (QED) is 0.285. The Hall–Kier alpha value is -2.79. The first-order valence-corrected chi connectivity index (χ1v) is 7.14. The first kappa shape index (κ1) is 16.6. The van der Waals surface area contributed by atoms with Crippen LogP contribution in [0, 0.1) is 0 Å². The summed E-state index contributed by atoms with van der Waals surface area (Å²) in [7, 11) is 1.58. The third kappa shape index (κ3) is 4.86. The van der Waals surface area contributed by atoms with Crippen molar-refractivity contribution >= 4 is 29.5 Å². The lowest BCUT2D eigenvalue weighted by molar-refractivity contribution is -0.722. The van der Waals surface area contributed by atoms with Crippen molar-refractivity contribution in [2.24, 2.45) is 5.73 Å². The van der Waals surface area contributed by atoms with Gasteiger partial charge in [0.05, 0.1) is 12.7 Å². The van der Waals surface area contributed by atoms with Crippen LogP contribution in [0.3, 0.4) is 0 Å². The fourth-order valence-electron chi connectivity index (χ4n) is 1.74.